The lowest BCUT2D eigenvalue weighted by Crippen LogP contribution is -2.27. The molecule has 0 saturated heterocycles. The first-order valence-electron chi connectivity index (χ1n) is 6.84. The van der Waals surface area contributed by atoms with Gasteiger partial charge in [0.05, 0.1) is 12.3 Å². The number of rotatable bonds is 5. The molecule has 0 spiro atoms. The Hall–Kier alpha value is -1.91. The number of anilines is 2. The first kappa shape index (κ1) is 16.1. The summed E-state index contributed by atoms with van der Waals surface area (Å²) in [5.41, 5.74) is 6.45. The third-order valence-corrected chi connectivity index (χ3v) is 2.41. The highest BCUT2D eigenvalue weighted by Crippen LogP contribution is 2.26. The van der Waals surface area contributed by atoms with E-state index >= 15 is 0 Å². The van der Waals surface area contributed by atoms with Crippen molar-refractivity contribution in [1.29, 1.82) is 0 Å². The van der Waals surface area contributed by atoms with E-state index in [0.717, 1.165) is 12.8 Å². The van der Waals surface area contributed by atoms with E-state index in [9.17, 15) is 4.79 Å². The zero-order chi connectivity index (χ0) is 15.2. The molecule has 5 nitrogen and oxygen atoms in total. The number of benzene rings is 1. The Balaban J connectivity index is 2.67. The summed E-state index contributed by atoms with van der Waals surface area (Å²) < 4.78 is 10.8. The van der Waals surface area contributed by atoms with Gasteiger partial charge in [0.2, 0.25) is 0 Å². The normalized spacial score (nSPS) is 11.0. The Morgan fingerprint density at radius 1 is 1.35 bits per heavy atom. The lowest BCUT2D eigenvalue weighted by atomic mass is 10.2. The van der Waals surface area contributed by atoms with Crippen LogP contribution >= 0.6 is 0 Å². The maximum atomic E-state index is 11.7. The van der Waals surface area contributed by atoms with Crippen LogP contribution in [-0.4, -0.2) is 18.3 Å². The van der Waals surface area contributed by atoms with E-state index < -0.39 is 11.7 Å². The summed E-state index contributed by atoms with van der Waals surface area (Å²) >= 11 is 0. The summed E-state index contributed by atoms with van der Waals surface area (Å²) in [6.07, 6.45) is 1.51. The number of unbranched alkanes of at least 4 members (excludes halogenated alkanes) is 1. The minimum Gasteiger partial charge on any atom is -0.491 e. The summed E-state index contributed by atoms with van der Waals surface area (Å²) in [7, 11) is 0. The largest absolute Gasteiger partial charge is 0.491 e. The van der Waals surface area contributed by atoms with Crippen LogP contribution in [0.3, 0.4) is 0 Å². The van der Waals surface area contributed by atoms with Gasteiger partial charge in [0, 0.05) is 11.8 Å². The molecule has 0 aliphatic carbocycles. The van der Waals surface area contributed by atoms with Gasteiger partial charge in [0.1, 0.15) is 11.4 Å². The number of hydrogen-bond donors (Lipinski definition) is 2. The monoisotopic (exact) mass is 280 g/mol. The van der Waals surface area contributed by atoms with Gasteiger partial charge in [-0.3, -0.25) is 5.32 Å². The van der Waals surface area contributed by atoms with Gasteiger partial charge in [-0.2, -0.15) is 0 Å². The fraction of sp³-hybridized carbons (Fsp3) is 0.533. The van der Waals surface area contributed by atoms with E-state index in [1.165, 1.54) is 0 Å². The highest BCUT2D eigenvalue weighted by molar-refractivity contribution is 5.85. The summed E-state index contributed by atoms with van der Waals surface area (Å²) in [6.45, 7) is 8.14. The average molecular weight is 280 g/mol. The van der Waals surface area contributed by atoms with Crippen LogP contribution in [-0.2, 0) is 4.74 Å². The van der Waals surface area contributed by atoms with E-state index in [2.05, 4.69) is 12.2 Å². The van der Waals surface area contributed by atoms with Crippen LogP contribution in [0.1, 0.15) is 40.5 Å². The molecule has 3 N–H and O–H groups in total. The highest BCUT2D eigenvalue weighted by Gasteiger charge is 2.16. The molecule has 0 unspecified atom stereocenters. The minimum atomic E-state index is -0.529. The van der Waals surface area contributed by atoms with Crippen LogP contribution in [0.15, 0.2) is 18.2 Å². The molecule has 0 aliphatic rings. The van der Waals surface area contributed by atoms with Crippen LogP contribution in [0.2, 0.25) is 0 Å². The Kier molecular flexibility index (Phi) is 5.67. The first-order valence-corrected chi connectivity index (χ1v) is 6.84. The molecule has 5 heteroatoms. The van der Waals surface area contributed by atoms with Crippen molar-refractivity contribution in [2.24, 2.45) is 0 Å². The van der Waals surface area contributed by atoms with Gasteiger partial charge in [-0.1, -0.05) is 13.3 Å². The summed E-state index contributed by atoms with van der Waals surface area (Å²) in [5.74, 6) is 0.576. The van der Waals surface area contributed by atoms with Crippen LogP contribution in [0.4, 0.5) is 16.2 Å². The van der Waals surface area contributed by atoms with Gasteiger partial charge in [-0.05, 0) is 39.3 Å². The predicted octanol–water partition coefficient (Wildman–Crippen LogP) is 3.79. The van der Waals surface area contributed by atoms with Gasteiger partial charge in [0.15, 0.2) is 0 Å². The van der Waals surface area contributed by atoms with Gasteiger partial charge in [-0.25, -0.2) is 4.79 Å². The fourth-order valence-electron chi connectivity index (χ4n) is 1.49. The molecule has 0 aliphatic heterocycles. The molecule has 0 atom stereocenters. The van der Waals surface area contributed by atoms with Crippen molar-refractivity contribution in [3.8, 4) is 5.75 Å². The molecule has 1 aromatic carbocycles. The molecule has 112 valence electrons. The van der Waals surface area contributed by atoms with Gasteiger partial charge in [0.25, 0.3) is 0 Å². The molecule has 1 rings (SSSR count). The number of carbonyl (C=O) groups is 1. The second-order valence-corrected chi connectivity index (χ2v) is 5.58. The molecule has 0 fully saturated rings. The number of ether oxygens (including phenoxy) is 2. The van der Waals surface area contributed by atoms with E-state index in [0.29, 0.717) is 23.7 Å². The van der Waals surface area contributed by atoms with Crippen LogP contribution in [0, 0.1) is 0 Å². The van der Waals surface area contributed by atoms with Gasteiger partial charge >= 0.3 is 6.09 Å². The molecule has 0 saturated carbocycles. The smallest absolute Gasteiger partial charge is 0.412 e. The maximum absolute atomic E-state index is 11.7. The molecule has 0 heterocycles. The molecule has 0 aromatic heterocycles. The van der Waals surface area contributed by atoms with Crippen molar-refractivity contribution in [2.45, 2.75) is 46.1 Å². The van der Waals surface area contributed by atoms with Crippen LogP contribution in [0.25, 0.3) is 0 Å². The zero-order valence-electron chi connectivity index (χ0n) is 12.7. The summed E-state index contributed by atoms with van der Waals surface area (Å²) in [4.78, 5) is 11.7. The Labute approximate surface area is 120 Å². The Morgan fingerprint density at radius 2 is 2.05 bits per heavy atom. The van der Waals surface area contributed by atoms with Crippen molar-refractivity contribution in [2.75, 3.05) is 17.7 Å². The lowest BCUT2D eigenvalue weighted by Gasteiger charge is -2.20. The third-order valence-electron chi connectivity index (χ3n) is 2.41. The number of nitrogens with two attached hydrogens (primary N) is 1. The van der Waals surface area contributed by atoms with E-state index in [1.54, 1.807) is 18.2 Å². The zero-order valence-corrected chi connectivity index (χ0v) is 12.7. The molecule has 1 amide bonds. The van der Waals surface area contributed by atoms with Crippen molar-refractivity contribution < 1.29 is 14.3 Å². The van der Waals surface area contributed by atoms with Crippen LogP contribution < -0.4 is 15.8 Å². The van der Waals surface area contributed by atoms with E-state index in [-0.39, 0.29) is 0 Å². The van der Waals surface area contributed by atoms with Gasteiger partial charge < -0.3 is 15.2 Å². The SMILES string of the molecule is CCCCOc1cc(NC(=O)OC(C)(C)C)ccc1N. The third kappa shape index (κ3) is 5.82. The fourth-order valence-corrected chi connectivity index (χ4v) is 1.49. The average Bonchev–Trinajstić information content (AvgIpc) is 2.31. The summed E-state index contributed by atoms with van der Waals surface area (Å²) in [5, 5.41) is 2.66. The molecule has 0 bridgehead atoms. The number of amides is 1. The molecule has 20 heavy (non-hydrogen) atoms. The number of hydrogen-bond acceptors (Lipinski definition) is 4. The highest BCUT2D eigenvalue weighted by atomic mass is 16.6. The standard InChI is InChI=1S/C15H24N2O3/c1-5-6-9-19-13-10-11(7-8-12(13)16)17-14(18)20-15(2,3)4/h7-8,10H,5-6,9,16H2,1-4H3,(H,17,18). The maximum Gasteiger partial charge on any atom is 0.412 e. The Bertz CT molecular complexity index is 453. The van der Waals surface area contributed by atoms with E-state index in [1.807, 2.05) is 20.8 Å². The quantitative estimate of drug-likeness (QED) is 0.635. The Morgan fingerprint density at radius 3 is 2.65 bits per heavy atom. The molecular formula is C15H24N2O3. The lowest BCUT2D eigenvalue weighted by molar-refractivity contribution is 0.0636. The van der Waals surface area contributed by atoms with E-state index in [4.69, 9.17) is 15.2 Å². The minimum absolute atomic E-state index is 0.498. The first-order chi connectivity index (χ1) is 9.31. The second kappa shape index (κ2) is 7.03. The number of carbonyl (C=O) groups excluding carboxylic acids is 1. The van der Waals surface area contributed by atoms with Gasteiger partial charge in [-0.15, -0.1) is 0 Å². The molecule has 1 aromatic rings. The summed E-state index contributed by atoms with van der Waals surface area (Å²) in [6, 6.07) is 5.12. The van der Waals surface area contributed by atoms with Crippen LogP contribution in [0.5, 0.6) is 5.75 Å². The number of nitrogen functional groups attached to an aromatic ring is 1. The number of nitrogens with one attached hydrogen (secondary N) is 1. The molecule has 0 radical (unpaired) electrons. The van der Waals surface area contributed by atoms with Crippen molar-refractivity contribution in [3.63, 3.8) is 0 Å². The molecular weight excluding hydrogens is 256 g/mol. The second-order valence-electron chi connectivity index (χ2n) is 5.58. The van der Waals surface area contributed by atoms with Crippen molar-refractivity contribution in [3.05, 3.63) is 18.2 Å². The predicted molar refractivity (Wildman–Crippen MR) is 81.1 cm³/mol. The van der Waals surface area contributed by atoms with Crippen molar-refractivity contribution in [1.82, 2.24) is 0 Å². The topological polar surface area (TPSA) is 73.6 Å². The van der Waals surface area contributed by atoms with Crippen molar-refractivity contribution >= 4 is 17.5 Å².